The Morgan fingerprint density at radius 2 is 2.06 bits per heavy atom. The highest BCUT2D eigenvalue weighted by Gasteiger charge is 2.34. The normalized spacial score (nSPS) is 14.4. The zero-order valence-electron chi connectivity index (χ0n) is 9.23. The number of hydrogen-bond acceptors (Lipinski definition) is 4. The van der Waals surface area contributed by atoms with E-state index >= 15 is 0 Å². The molecule has 0 aliphatic carbocycles. The lowest BCUT2D eigenvalue weighted by atomic mass is 10.3. The fourth-order valence-electron chi connectivity index (χ4n) is 0.994. The first-order valence-corrected chi connectivity index (χ1v) is 6.64. The molecular formula is C9H9F3N4OS. The van der Waals surface area contributed by atoms with E-state index in [2.05, 4.69) is 14.7 Å². The van der Waals surface area contributed by atoms with Crippen LogP contribution >= 0.6 is 0 Å². The second-order valence-electron chi connectivity index (χ2n) is 3.40. The summed E-state index contributed by atoms with van der Waals surface area (Å²) < 4.78 is 50.2. The molecule has 9 heteroatoms. The molecule has 18 heavy (non-hydrogen) atoms. The van der Waals surface area contributed by atoms with Gasteiger partial charge in [0.2, 0.25) is 5.82 Å². The van der Waals surface area contributed by atoms with Gasteiger partial charge in [-0.2, -0.15) is 18.4 Å². The number of nitrogens with zero attached hydrogens (tertiary/aromatic N) is 3. The molecule has 0 aliphatic heterocycles. The van der Waals surface area contributed by atoms with E-state index in [1.165, 1.54) is 17.8 Å². The summed E-state index contributed by atoms with van der Waals surface area (Å²) in [7, 11) is -2.63. The lowest BCUT2D eigenvalue weighted by molar-refractivity contribution is -0.145. The lowest BCUT2D eigenvalue weighted by Crippen LogP contribution is -2.19. The summed E-state index contributed by atoms with van der Waals surface area (Å²) in [5.74, 6) is -1.22. The van der Waals surface area contributed by atoms with E-state index in [0.717, 1.165) is 12.4 Å². The van der Waals surface area contributed by atoms with Gasteiger partial charge in [0.05, 0.1) is 9.71 Å². The number of alkyl halides is 3. The Morgan fingerprint density at radius 1 is 1.50 bits per heavy atom. The summed E-state index contributed by atoms with van der Waals surface area (Å²) in [5, 5.41) is 9.61. The number of rotatable bonds is 3. The summed E-state index contributed by atoms with van der Waals surface area (Å²) in [6.07, 6.45) is 0.378. The van der Waals surface area contributed by atoms with Gasteiger partial charge in [0.1, 0.15) is 0 Å². The van der Waals surface area contributed by atoms with Crippen molar-refractivity contribution in [3.8, 4) is 6.19 Å². The molecule has 0 aromatic carbocycles. The van der Waals surface area contributed by atoms with E-state index in [1.807, 2.05) is 0 Å². The van der Waals surface area contributed by atoms with Crippen molar-refractivity contribution in [1.29, 1.82) is 5.26 Å². The van der Waals surface area contributed by atoms with Crippen molar-refractivity contribution in [2.75, 3.05) is 6.26 Å². The number of hydrogen-bond donors (Lipinski definition) is 1. The molecule has 0 saturated heterocycles. The fraction of sp³-hybridized carbons (Fsp3) is 0.333. The Kier molecular flexibility index (Phi) is 4.13. The van der Waals surface area contributed by atoms with Crippen LogP contribution in [0.3, 0.4) is 0 Å². The van der Waals surface area contributed by atoms with Gasteiger partial charge in [0, 0.05) is 25.1 Å². The SMILES string of the molecule is CS(=O)(=CCc1cnc(C(F)(F)F)nc1)NC#N. The molecule has 1 N–H and O–H groups in total. The van der Waals surface area contributed by atoms with Crippen LogP contribution in [0.15, 0.2) is 12.4 Å². The molecule has 0 amide bonds. The summed E-state index contributed by atoms with van der Waals surface area (Å²) in [6, 6.07) is 0. The second-order valence-corrected chi connectivity index (χ2v) is 5.75. The number of nitriles is 1. The van der Waals surface area contributed by atoms with Gasteiger partial charge >= 0.3 is 6.18 Å². The van der Waals surface area contributed by atoms with Crippen LogP contribution in [-0.2, 0) is 22.3 Å². The molecule has 1 atom stereocenters. The third-order valence-electron chi connectivity index (χ3n) is 1.84. The molecule has 0 fully saturated rings. The van der Waals surface area contributed by atoms with E-state index in [0.29, 0.717) is 5.56 Å². The lowest BCUT2D eigenvalue weighted by Gasteiger charge is -2.05. The Hall–Kier alpha value is -1.82. The van der Waals surface area contributed by atoms with Crippen LogP contribution in [0, 0.1) is 11.5 Å². The molecule has 1 rings (SSSR count). The summed E-state index contributed by atoms with van der Waals surface area (Å²) in [4.78, 5) is 6.32. The molecule has 98 valence electrons. The first-order chi connectivity index (χ1) is 8.24. The maximum atomic E-state index is 12.2. The largest absolute Gasteiger partial charge is 0.451 e. The summed E-state index contributed by atoms with van der Waals surface area (Å²) in [5.41, 5.74) is 0.373. The number of aromatic nitrogens is 2. The molecule has 1 heterocycles. The molecule has 0 aliphatic rings. The minimum absolute atomic E-state index is 0.0994. The van der Waals surface area contributed by atoms with Gasteiger partial charge in [-0.25, -0.2) is 18.9 Å². The zero-order valence-corrected chi connectivity index (χ0v) is 10.0. The average Bonchev–Trinajstić information content (AvgIpc) is 2.26. The van der Waals surface area contributed by atoms with Crippen molar-refractivity contribution >= 4 is 15.1 Å². The van der Waals surface area contributed by atoms with Crippen molar-refractivity contribution in [3.63, 3.8) is 0 Å². The van der Waals surface area contributed by atoms with Crippen LogP contribution in [0.5, 0.6) is 0 Å². The molecule has 0 bridgehead atoms. The van der Waals surface area contributed by atoms with Gasteiger partial charge in [-0.05, 0) is 10.9 Å². The third-order valence-corrected chi connectivity index (χ3v) is 3.14. The molecule has 0 radical (unpaired) electrons. The predicted octanol–water partition coefficient (Wildman–Crippen LogP) is 0.740. The maximum absolute atomic E-state index is 12.2. The van der Waals surface area contributed by atoms with E-state index in [4.69, 9.17) is 5.26 Å². The van der Waals surface area contributed by atoms with Crippen molar-refractivity contribution in [3.05, 3.63) is 23.8 Å². The van der Waals surface area contributed by atoms with Crippen LogP contribution in [0.4, 0.5) is 13.2 Å². The van der Waals surface area contributed by atoms with Crippen molar-refractivity contribution in [2.24, 2.45) is 0 Å². The summed E-state index contributed by atoms with van der Waals surface area (Å²) in [6.45, 7) is 0. The van der Waals surface area contributed by atoms with E-state index in [9.17, 15) is 17.4 Å². The Labute approximate surface area is 102 Å². The first-order valence-electron chi connectivity index (χ1n) is 4.61. The smallest absolute Gasteiger partial charge is 0.249 e. The molecule has 1 aromatic rings. The van der Waals surface area contributed by atoms with Crippen molar-refractivity contribution in [1.82, 2.24) is 14.7 Å². The fourth-order valence-corrected chi connectivity index (χ4v) is 1.77. The van der Waals surface area contributed by atoms with Crippen LogP contribution in [0.1, 0.15) is 11.4 Å². The molecular weight excluding hydrogens is 269 g/mol. The number of nitrogens with one attached hydrogen (secondary N) is 1. The van der Waals surface area contributed by atoms with Gasteiger partial charge in [-0.15, -0.1) is 0 Å². The van der Waals surface area contributed by atoms with Crippen LogP contribution in [0.25, 0.3) is 0 Å². The highest BCUT2D eigenvalue weighted by molar-refractivity contribution is 7.99. The standard InChI is InChI=1S/C9H9F3N4OS/c1-18(17,16-6-13)3-2-7-4-14-8(15-5-7)9(10,11)12/h3-5H,2H2,1H3,(H,16,17). The molecule has 0 spiro atoms. The third kappa shape index (κ3) is 4.21. The highest BCUT2D eigenvalue weighted by atomic mass is 32.2. The Balaban J connectivity index is 2.84. The summed E-state index contributed by atoms with van der Waals surface area (Å²) >= 11 is 0. The minimum Gasteiger partial charge on any atom is -0.249 e. The predicted molar refractivity (Wildman–Crippen MR) is 59.6 cm³/mol. The van der Waals surface area contributed by atoms with E-state index in [1.54, 1.807) is 0 Å². The second kappa shape index (κ2) is 5.22. The van der Waals surface area contributed by atoms with Crippen molar-refractivity contribution in [2.45, 2.75) is 12.6 Å². The molecule has 0 saturated carbocycles. The average molecular weight is 278 g/mol. The number of halogens is 3. The van der Waals surface area contributed by atoms with Gasteiger partial charge in [-0.1, -0.05) is 0 Å². The monoisotopic (exact) mass is 278 g/mol. The minimum atomic E-state index is -4.58. The van der Waals surface area contributed by atoms with Crippen LogP contribution in [-0.4, -0.2) is 25.8 Å². The van der Waals surface area contributed by atoms with Gasteiger partial charge < -0.3 is 0 Å². The van der Waals surface area contributed by atoms with E-state index in [-0.39, 0.29) is 6.42 Å². The maximum Gasteiger partial charge on any atom is 0.451 e. The van der Waals surface area contributed by atoms with E-state index < -0.39 is 21.7 Å². The Bertz CT molecular complexity index is 567. The first kappa shape index (κ1) is 14.2. The highest BCUT2D eigenvalue weighted by Crippen LogP contribution is 2.25. The van der Waals surface area contributed by atoms with Crippen LogP contribution in [0.2, 0.25) is 0 Å². The van der Waals surface area contributed by atoms with Crippen LogP contribution < -0.4 is 4.72 Å². The zero-order chi connectivity index (χ0) is 13.8. The Morgan fingerprint density at radius 3 is 2.50 bits per heavy atom. The quantitative estimate of drug-likeness (QED) is 0.502. The topological polar surface area (TPSA) is 78.7 Å². The molecule has 1 aromatic heterocycles. The molecule has 1 unspecified atom stereocenters. The van der Waals surface area contributed by atoms with Gasteiger partial charge in [0.15, 0.2) is 6.19 Å². The van der Waals surface area contributed by atoms with Crippen molar-refractivity contribution < 1.29 is 17.4 Å². The molecule has 5 nitrogen and oxygen atoms in total. The van der Waals surface area contributed by atoms with Gasteiger partial charge in [0.25, 0.3) is 0 Å². The van der Waals surface area contributed by atoms with Gasteiger partial charge in [-0.3, -0.25) is 0 Å².